The highest BCUT2D eigenvalue weighted by atomic mass is 16.5. The molecule has 2 N–H and O–H groups in total. The molecule has 0 heterocycles. The first kappa shape index (κ1) is 17.9. The van der Waals surface area contributed by atoms with E-state index in [4.69, 9.17) is 15.2 Å². The Hall–Kier alpha value is -2.49. The molecule has 2 aromatic carbocycles. The smallest absolute Gasteiger partial charge is 0.248 e. The number of amides is 1. The molecule has 0 aromatic heterocycles. The van der Waals surface area contributed by atoms with E-state index in [1.807, 2.05) is 25.1 Å². The Balaban J connectivity index is 2.29. The SMILES string of the molecule is CCOc1ccc(C(N)=O)cc1COc1ccccc1C(C)(C)C. The van der Waals surface area contributed by atoms with Gasteiger partial charge in [-0.05, 0) is 42.2 Å². The molecule has 1 amide bonds. The summed E-state index contributed by atoms with van der Waals surface area (Å²) in [6, 6.07) is 13.1. The molecule has 0 bridgehead atoms. The quantitative estimate of drug-likeness (QED) is 0.870. The van der Waals surface area contributed by atoms with Gasteiger partial charge in [0.15, 0.2) is 0 Å². The zero-order valence-corrected chi connectivity index (χ0v) is 14.8. The normalized spacial score (nSPS) is 11.2. The molecule has 2 rings (SSSR count). The van der Waals surface area contributed by atoms with Gasteiger partial charge in [-0.1, -0.05) is 39.0 Å². The molecule has 2 aromatic rings. The van der Waals surface area contributed by atoms with Crippen molar-refractivity contribution >= 4 is 5.91 Å². The monoisotopic (exact) mass is 327 g/mol. The van der Waals surface area contributed by atoms with Crippen LogP contribution in [0.3, 0.4) is 0 Å². The Kier molecular flexibility index (Phi) is 5.50. The van der Waals surface area contributed by atoms with Crippen LogP contribution in [0.4, 0.5) is 0 Å². The van der Waals surface area contributed by atoms with Crippen molar-refractivity contribution < 1.29 is 14.3 Å². The van der Waals surface area contributed by atoms with Crippen molar-refractivity contribution in [2.75, 3.05) is 6.61 Å². The number of carbonyl (C=O) groups excluding carboxylic acids is 1. The van der Waals surface area contributed by atoms with Crippen molar-refractivity contribution in [1.29, 1.82) is 0 Å². The van der Waals surface area contributed by atoms with E-state index in [-0.39, 0.29) is 5.41 Å². The van der Waals surface area contributed by atoms with E-state index >= 15 is 0 Å². The third-order valence-electron chi connectivity index (χ3n) is 3.72. The summed E-state index contributed by atoms with van der Waals surface area (Å²) >= 11 is 0. The van der Waals surface area contributed by atoms with Crippen LogP contribution in [0.5, 0.6) is 11.5 Å². The topological polar surface area (TPSA) is 61.5 Å². The van der Waals surface area contributed by atoms with Crippen LogP contribution in [0, 0.1) is 0 Å². The molecule has 0 unspecified atom stereocenters. The molecular formula is C20H25NO3. The zero-order chi connectivity index (χ0) is 17.7. The third-order valence-corrected chi connectivity index (χ3v) is 3.72. The number of ether oxygens (including phenoxy) is 2. The van der Waals surface area contributed by atoms with E-state index in [0.717, 1.165) is 16.9 Å². The van der Waals surface area contributed by atoms with E-state index < -0.39 is 5.91 Å². The molecule has 24 heavy (non-hydrogen) atoms. The minimum absolute atomic E-state index is 0.0194. The van der Waals surface area contributed by atoms with Crippen LogP contribution in [0.1, 0.15) is 49.2 Å². The Bertz CT molecular complexity index is 717. The summed E-state index contributed by atoms with van der Waals surface area (Å²) in [5.41, 5.74) is 7.74. The van der Waals surface area contributed by atoms with Crippen molar-refractivity contribution in [2.24, 2.45) is 5.73 Å². The maximum Gasteiger partial charge on any atom is 0.248 e. The van der Waals surface area contributed by atoms with Gasteiger partial charge in [0.2, 0.25) is 5.91 Å². The predicted molar refractivity (Wildman–Crippen MR) is 95.6 cm³/mol. The number of hydrogen-bond donors (Lipinski definition) is 1. The first-order valence-corrected chi connectivity index (χ1v) is 8.10. The maximum absolute atomic E-state index is 11.4. The molecule has 0 radical (unpaired) electrons. The fourth-order valence-corrected chi connectivity index (χ4v) is 2.51. The van der Waals surface area contributed by atoms with Gasteiger partial charge in [0.05, 0.1) is 6.61 Å². The van der Waals surface area contributed by atoms with Crippen LogP contribution >= 0.6 is 0 Å². The van der Waals surface area contributed by atoms with E-state index in [2.05, 4.69) is 26.8 Å². The van der Waals surface area contributed by atoms with Gasteiger partial charge in [0, 0.05) is 11.1 Å². The minimum atomic E-state index is -0.464. The third kappa shape index (κ3) is 4.28. The Labute approximate surface area is 143 Å². The van der Waals surface area contributed by atoms with Crippen LogP contribution in [-0.2, 0) is 12.0 Å². The molecule has 0 spiro atoms. The van der Waals surface area contributed by atoms with Crippen molar-refractivity contribution in [3.63, 3.8) is 0 Å². The van der Waals surface area contributed by atoms with Crippen molar-refractivity contribution in [3.8, 4) is 11.5 Å². The first-order valence-electron chi connectivity index (χ1n) is 8.10. The number of hydrogen-bond acceptors (Lipinski definition) is 3. The van der Waals surface area contributed by atoms with Gasteiger partial charge in [0.25, 0.3) is 0 Å². The molecule has 0 aliphatic rings. The van der Waals surface area contributed by atoms with Gasteiger partial charge in [-0.15, -0.1) is 0 Å². The van der Waals surface area contributed by atoms with Crippen molar-refractivity contribution in [1.82, 2.24) is 0 Å². The molecule has 0 saturated heterocycles. The fourth-order valence-electron chi connectivity index (χ4n) is 2.51. The van der Waals surface area contributed by atoms with E-state index in [9.17, 15) is 4.79 Å². The Morgan fingerprint density at radius 2 is 1.75 bits per heavy atom. The summed E-state index contributed by atoms with van der Waals surface area (Å²) in [5, 5.41) is 0. The lowest BCUT2D eigenvalue weighted by molar-refractivity contribution is 0.1000. The van der Waals surface area contributed by atoms with Crippen LogP contribution in [-0.4, -0.2) is 12.5 Å². The van der Waals surface area contributed by atoms with E-state index in [1.54, 1.807) is 18.2 Å². The summed E-state index contributed by atoms with van der Waals surface area (Å²) in [4.78, 5) is 11.4. The number of rotatable bonds is 6. The molecule has 4 heteroatoms. The summed E-state index contributed by atoms with van der Waals surface area (Å²) in [6.07, 6.45) is 0. The fraction of sp³-hybridized carbons (Fsp3) is 0.350. The number of nitrogens with two attached hydrogens (primary N) is 1. The van der Waals surface area contributed by atoms with Crippen LogP contribution in [0.25, 0.3) is 0 Å². The van der Waals surface area contributed by atoms with Crippen molar-refractivity contribution in [3.05, 3.63) is 59.2 Å². The van der Waals surface area contributed by atoms with Gasteiger partial charge in [-0.2, -0.15) is 0 Å². The van der Waals surface area contributed by atoms with Gasteiger partial charge in [-0.3, -0.25) is 4.79 Å². The molecule has 4 nitrogen and oxygen atoms in total. The second kappa shape index (κ2) is 7.39. The lowest BCUT2D eigenvalue weighted by Gasteiger charge is -2.23. The highest BCUT2D eigenvalue weighted by Crippen LogP contribution is 2.32. The molecule has 128 valence electrons. The summed E-state index contributed by atoms with van der Waals surface area (Å²) in [7, 11) is 0. The molecular weight excluding hydrogens is 302 g/mol. The van der Waals surface area contributed by atoms with E-state index in [1.165, 1.54) is 0 Å². The van der Waals surface area contributed by atoms with Crippen molar-refractivity contribution in [2.45, 2.75) is 39.7 Å². The average molecular weight is 327 g/mol. The standard InChI is InChI=1S/C20H25NO3/c1-5-23-17-11-10-14(19(21)22)12-15(17)13-24-18-9-7-6-8-16(18)20(2,3)4/h6-12H,5,13H2,1-4H3,(H2,21,22). The first-order chi connectivity index (χ1) is 11.3. The molecule has 0 atom stereocenters. The number of carbonyl (C=O) groups is 1. The lowest BCUT2D eigenvalue weighted by Crippen LogP contribution is -2.14. The average Bonchev–Trinajstić information content (AvgIpc) is 2.53. The van der Waals surface area contributed by atoms with Gasteiger partial charge >= 0.3 is 0 Å². The highest BCUT2D eigenvalue weighted by Gasteiger charge is 2.19. The zero-order valence-electron chi connectivity index (χ0n) is 14.8. The number of para-hydroxylation sites is 1. The Morgan fingerprint density at radius 1 is 1.04 bits per heavy atom. The van der Waals surface area contributed by atoms with Crippen LogP contribution in [0.15, 0.2) is 42.5 Å². The lowest BCUT2D eigenvalue weighted by atomic mass is 9.86. The molecule has 0 fully saturated rings. The minimum Gasteiger partial charge on any atom is -0.493 e. The molecule has 0 saturated carbocycles. The number of benzene rings is 2. The van der Waals surface area contributed by atoms with Gasteiger partial charge in [0.1, 0.15) is 18.1 Å². The Morgan fingerprint density at radius 3 is 2.38 bits per heavy atom. The van der Waals surface area contributed by atoms with E-state index in [0.29, 0.717) is 24.5 Å². The van der Waals surface area contributed by atoms with Crippen LogP contribution in [0.2, 0.25) is 0 Å². The second-order valence-electron chi connectivity index (χ2n) is 6.65. The molecule has 0 aliphatic heterocycles. The largest absolute Gasteiger partial charge is 0.493 e. The van der Waals surface area contributed by atoms with Gasteiger partial charge in [-0.25, -0.2) is 0 Å². The molecule has 0 aliphatic carbocycles. The number of primary amides is 1. The predicted octanol–water partition coefficient (Wildman–Crippen LogP) is 4.06. The summed E-state index contributed by atoms with van der Waals surface area (Å²) in [6.45, 7) is 9.21. The summed E-state index contributed by atoms with van der Waals surface area (Å²) < 4.78 is 11.7. The maximum atomic E-state index is 11.4. The van der Waals surface area contributed by atoms with Crippen LogP contribution < -0.4 is 15.2 Å². The van der Waals surface area contributed by atoms with Gasteiger partial charge < -0.3 is 15.2 Å². The highest BCUT2D eigenvalue weighted by molar-refractivity contribution is 5.93. The summed E-state index contributed by atoms with van der Waals surface area (Å²) in [5.74, 6) is 1.07. The second-order valence-corrected chi connectivity index (χ2v) is 6.65.